The fourth-order valence-electron chi connectivity index (χ4n) is 4.02. The highest BCUT2D eigenvalue weighted by Gasteiger charge is 2.17. The topological polar surface area (TPSA) is 134 Å². The van der Waals surface area contributed by atoms with Gasteiger partial charge in [-0.25, -0.2) is 0 Å². The number of carbonyl (C=O) groups excluding carboxylic acids is 2. The molecule has 8 nitrogen and oxygen atoms in total. The first-order valence-electron chi connectivity index (χ1n) is 16.0. The molecule has 0 saturated heterocycles. The minimum atomic E-state index is -1.08. The van der Waals surface area contributed by atoms with E-state index in [1.165, 1.54) is 31.8 Å². The Labute approximate surface area is 259 Å². The molecule has 0 saturated carbocycles. The molecule has 0 fully saturated rings. The van der Waals surface area contributed by atoms with E-state index in [2.05, 4.69) is 13.8 Å². The molecule has 0 aliphatic carbocycles. The Hall–Kier alpha value is -2.52. The molecule has 4 atom stereocenters. The summed E-state index contributed by atoms with van der Waals surface area (Å²) in [5.41, 5.74) is 0. The number of ether oxygens (including phenoxy) is 2. The number of aliphatic hydroxyl groups excluding tert-OH is 4. The summed E-state index contributed by atoms with van der Waals surface area (Å²) in [4.78, 5) is 24.1. The van der Waals surface area contributed by atoms with Crippen LogP contribution in [0, 0.1) is 5.92 Å². The Morgan fingerprint density at radius 3 is 1.98 bits per heavy atom. The average molecular weight is 607 g/mol. The molecule has 0 radical (unpaired) electrons. The van der Waals surface area contributed by atoms with Crippen molar-refractivity contribution in [2.75, 3.05) is 13.2 Å². The third-order valence-corrected chi connectivity index (χ3v) is 6.60. The van der Waals surface area contributed by atoms with Gasteiger partial charge >= 0.3 is 11.9 Å². The van der Waals surface area contributed by atoms with Crippen LogP contribution in [0.15, 0.2) is 60.8 Å². The van der Waals surface area contributed by atoms with Gasteiger partial charge < -0.3 is 29.9 Å². The molecule has 0 rings (SSSR count). The zero-order chi connectivity index (χ0) is 32.1. The van der Waals surface area contributed by atoms with E-state index in [1.54, 1.807) is 42.5 Å². The maximum Gasteiger partial charge on any atom is 0.306 e. The van der Waals surface area contributed by atoms with Crippen molar-refractivity contribution in [1.29, 1.82) is 0 Å². The number of hydrogen-bond donors (Lipinski definition) is 4. The predicted molar refractivity (Wildman–Crippen MR) is 172 cm³/mol. The summed E-state index contributed by atoms with van der Waals surface area (Å²) in [7, 11) is 0. The monoisotopic (exact) mass is 606 g/mol. The minimum Gasteiger partial charge on any atom is -0.462 e. The van der Waals surface area contributed by atoms with Gasteiger partial charge in [-0.2, -0.15) is 0 Å². The van der Waals surface area contributed by atoms with Crippen LogP contribution in [0.3, 0.4) is 0 Å². The van der Waals surface area contributed by atoms with E-state index in [4.69, 9.17) is 9.47 Å². The Balaban J connectivity index is 4.07. The number of carbonyl (C=O) groups is 2. The van der Waals surface area contributed by atoms with Crippen molar-refractivity contribution < 1.29 is 39.5 Å². The van der Waals surface area contributed by atoms with E-state index >= 15 is 0 Å². The van der Waals surface area contributed by atoms with Crippen molar-refractivity contribution in [3.8, 4) is 0 Å². The first-order chi connectivity index (χ1) is 20.7. The average Bonchev–Trinajstić information content (AvgIpc) is 2.97. The highest BCUT2D eigenvalue weighted by molar-refractivity contribution is 5.70. The lowest BCUT2D eigenvalue weighted by molar-refractivity contribution is -0.161. The Bertz CT molecular complexity index is 843. The van der Waals surface area contributed by atoms with E-state index in [0.717, 1.165) is 31.6 Å². The first kappa shape index (κ1) is 40.5. The van der Waals surface area contributed by atoms with Gasteiger partial charge in [-0.15, -0.1) is 0 Å². The number of rotatable bonds is 26. The molecule has 0 aliphatic rings. The summed E-state index contributed by atoms with van der Waals surface area (Å²) in [6.07, 6.45) is 24.0. The van der Waals surface area contributed by atoms with Gasteiger partial charge in [-0.05, 0) is 38.0 Å². The van der Waals surface area contributed by atoms with E-state index in [-0.39, 0.29) is 25.9 Å². The summed E-state index contributed by atoms with van der Waals surface area (Å²) in [6, 6.07) is 0. The van der Waals surface area contributed by atoms with Crippen molar-refractivity contribution >= 4 is 11.9 Å². The molecule has 0 spiro atoms. The SMILES string of the molecule is CC/C=C\C[C@@H](O)/C=C/C=C/C=C\C=C/[C@H](O)[C@@H](O)CCCC(=O)OC[C@H](CO)OC(=O)CCCCCCCCC(C)C. The van der Waals surface area contributed by atoms with Crippen molar-refractivity contribution in [3.05, 3.63) is 60.8 Å². The van der Waals surface area contributed by atoms with Crippen molar-refractivity contribution in [2.24, 2.45) is 5.92 Å². The fourth-order valence-corrected chi connectivity index (χ4v) is 4.02. The largest absolute Gasteiger partial charge is 0.462 e. The van der Waals surface area contributed by atoms with Gasteiger partial charge in [0.1, 0.15) is 6.61 Å². The van der Waals surface area contributed by atoms with Crippen LogP contribution in [0.2, 0.25) is 0 Å². The molecule has 0 unspecified atom stereocenters. The summed E-state index contributed by atoms with van der Waals surface area (Å²) >= 11 is 0. The molecule has 4 N–H and O–H groups in total. The highest BCUT2D eigenvalue weighted by Crippen LogP contribution is 2.13. The quantitative estimate of drug-likeness (QED) is 0.0405. The molecule has 0 aromatic carbocycles. The number of aliphatic hydroxyl groups is 4. The molecule has 8 heteroatoms. The number of esters is 2. The van der Waals surface area contributed by atoms with E-state index < -0.39 is 43.0 Å². The molecule has 246 valence electrons. The molecule has 0 heterocycles. The normalized spacial score (nSPS) is 15.3. The van der Waals surface area contributed by atoms with Gasteiger partial charge in [0.25, 0.3) is 0 Å². The van der Waals surface area contributed by atoms with Gasteiger partial charge in [-0.3, -0.25) is 9.59 Å². The lowest BCUT2D eigenvalue weighted by Crippen LogP contribution is -2.28. The first-order valence-corrected chi connectivity index (χ1v) is 16.0. The Morgan fingerprint density at radius 1 is 0.721 bits per heavy atom. The second-order valence-corrected chi connectivity index (χ2v) is 11.2. The van der Waals surface area contributed by atoms with Crippen molar-refractivity contribution in [1.82, 2.24) is 0 Å². The Kier molecular flexibility index (Phi) is 26.6. The van der Waals surface area contributed by atoms with Crippen LogP contribution >= 0.6 is 0 Å². The van der Waals surface area contributed by atoms with Crippen LogP contribution in [-0.2, 0) is 19.1 Å². The van der Waals surface area contributed by atoms with Crippen LogP contribution in [0.5, 0.6) is 0 Å². The van der Waals surface area contributed by atoms with Gasteiger partial charge in [0.15, 0.2) is 6.10 Å². The zero-order valence-corrected chi connectivity index (χ0v) is 26.7. The minimum absolute atomic E-state index is 0.0264. The zero-order valence-electron chi connectivity index (χ0n) is 26.7. The van der Waals surface area contributed by atoms with Crippen LogP contribution in [-0.4, -0.2) is 70.0 Å². The molecule has 43 heavy (non-hydrogen) atoms. The second kappa shape index (κ2) is 28.3. The van der Waals surface area contributed by atoms with Crippen LogP contribution in [0.25, 0.3) is 0 Å². The third kappa shape index (κ3) is 26.8. The van der Waals surface area contributed by atoms with Gasteiger partial charge in [0.05, 0.1) is 24.9 Å². The summed E-state index contributed by atoms with van der Waals surface area (Å²) in [6.45, 7) is 5.84. The standard InChI is InChI=1S/C35H58O8/c1-4-5-14-21-30(37)22-16-11-7-8-12-17-23-32(38)33(39)24-19-26-34(40)42-28-31(27-36)43-35(41)25-18-13-9-6-10-15-20-29(2)3/h5,7-8,11-12,14,16-17,22-23,29-33,36-39H,4,6,9-10,13,15,18-21,24-28H2,1-3H3/b11-7+,12-8-,14-5-,22-16+,23-17-/t30-,31+,32+,33+/m1/s1. The third-order valence-electron chi connectivity index (χ3n) is 6.60. The number of hydrogen-bond acceptors (Lipinski definition) is 8. The molecule has 0 aromatic heterocycles. The van der Waals surface area contributed by atoms with E-state index in [0.29, 0.717) is 12.8 Å². The molecule has 0 amide bonds. The molecule has 0 bridgehead atoms. The smallest absolute Gasteiger partial charge is 0.306 e. The molecular formula is C35H58O8. The molecule has 0 aliphatic heterocycles. The molecular weight excluding hydrogens is 548 g/mol. The van der Waals surface area contributed by atoms with Crippen LogP contribution in [0.1, 0.15) is 104 Å². The van der Waals surface area contributed by atoms with Crippen molar-refractivity contribution in [3.63, 3.8) is 0 Å². The van der Waals surface area contributed by atoms with Gasteiger partial charge in [0.2, 0.25) is 0 Å². The van der Waals surface area contributed by atoms with Crippen LogP contribution < -0.4 is 0 Å². The maximum absolute atomic E-state index is 12.0. The van der Waals surface area contributed by atoms with Gasteiger partial charge in [-0.1, -0.05) is 120 Å². The number of unbranched alkanes of at least 4 members (excludes halogenated alkanes) is 5. The van der Waals surface area contributed by atoms with E-state index in [9.17, 15) is 30.0 Å². The lowest BCUT2D eigenvalue weighted by Gasteiger charge is -2.16. The molecule has 0 aromatic rings. The fraction of sp³-hybridized carbons (Fsp3) is 0.657. The summed E-state index contributed by atoms with van der Waals surface area (Å²) < 4.78 is 10.3. The maximum atomic E-state index is 12.0. The van der Waals surface area contributed by atoms with Gasteiger partial charge in [0, 0.05) is 12.8 Å². The summed E-state index contributed by atoms with van der Waals surface area (Å²) in [5.74, 6) is -0.197. The second-order valence-electron chi connectivity index (χ2n) is 11.2. The lowest BCUT2D eigenvalue weighted by atomic mass is 10.0. The van der Waals surface area contributed by atoms with Crippen molar-refractivity contribution in [2.45, 2.75) is 129 Å². The van der Waals surface area contributed by atoms with Crippen LogP contribution in [0.4, 0.5) is 0 Å². The summed E-state index contributed by atoms with van der Waals surface area (Å²) in [5, 5.41) is 39.4. The van der Waals surface area contributed by atoms with E-state index in [1.807, 2.05) is 19.1 Å². The highest BCUT2D eigenvalue weighted by atomic mass is 16.6. The number of allylic oxidation sites excluding steroid dienone is 7. The Morgan fingerprint density at radius 2 is 1.33 bits per heavy atom. The predicted octanol–water partition coefficient (Wildman–Crippen LogP) is 6.04.